The predicted octanol–water partition coefficient (Wildman–Crippen LogP) is 1.92. The van der Waals surface area contributed by atoms with Crippen LogP contribution in [0.15, 0.2) is 29.1 Å². The Morgan fingerprint density at radius 2 is 1.97 bits per heavy atom. The molecule has 1 heterocycles. The van der Waals surface area contributed by atoms with Crippen molar-refractivity contribution in [2.75, 3.05) is 6.61 Å². The van der Waals surface area contributed by atoms with Crippen LogP contribution in [0.5, 0.6) is 0 Å². The van der Waals surface area contributed by atoms with Crippen LogP contribution in [0.25, 0.3) is 12.2 Å². The summed E-state index contributed by atoms with van der Waals surface area (Å²) in [5.41, 5.74) is 0.270. The number of ether oxygens (including phenoxy) is 1. The fourth-order valence-electron chi connectivity index (χ4n) is 3.71. The van der Waals surface area contributed by atoms with Gasteiger partial charge in [-0.15, -0.1) is 11.3 Å². The molecule has 1 fully saturated rings. The van der Waals surface area contributed by atoms with Gasteiger partial charge in [0.05, 0.1) is 17.2 Å². The first-order chi connectivity index (χ1) is 14.9. The average molecular weight is 447 g/mol. The maximum atomic E-state index is 13.2. The van der Waals surface area contributed by atoms with Gasteiger partial charge in [-0.1, -0.05) is 31.9 Å². The molecule has 1 N–H and O–H groups in total. The Labute approximate surface area is 184 Å². The van der Waals surface area contributed by atoms with E-state index in [0.717, 1.165) is 30.6 Å². The molecule has 0 aliphatic heterocycles. The number of benzene rings is 1. The number of esters is 1. The fourth-order valence-corrected chi connectivity index (χ4v) is 4.75. The lowest BCUT2D eigenvalue weighted by Gasteiger charge is -2.29. The number of halogens is 1. The molecular weight excluding hydrogens is 419 g/mol. The van der Waals surface area contributed by atoms with Crippen molar-refractivity contribution < 1.29 is 18.7 Å². The molecule has 1 aromatic carbocycles. The molecule has 6 nitrogen and oxygen atoms in total. The van der Waals surface area contributed by atoms with Crippen LogP contribution in [0.4, 0.5) is 4.39 Å². The van der Waals surface area contributed by atoms with Gasteiger partial charge in [-0.2, -0.15) is 0 Å². The van der Waals surface area contributed by atoms with Crippen molar-refractivity contribution in [2.45, 2.75) is 52.1 Å². The smallest absolute Gasteiger partial charge is 0.333 e. The Hall–Kier alpha value is -2.74. The molecule has 0 saturated heterocycles. The molecule has 1 aliphatic carbocycles. The normalized spacial score (nSPS) is 20.0. The fraction of sp³-hybridized carbons (Fsp3) is 0.435. The second kappa shape index (κ2) is 10.5. The van der Waals surface area contributed by atoms with Crippen LogP contribution in [0.3, 0.4) is 0 Å². The molecule has 31 heavy (non-hydrogen) atoms. The number of aromatic nitrogens is 1. The number of carbonyl (C=O) groups is 2. The number of amides is 1. The quantitative estimate of drug-likeness (QED) is 0.688. The van der Waals surface area contributed by atoms with Gasteiger partial charge < -0.3 is 10.1 Å². The standard InChI is InChI=1S/C23H27FN2O4S/c1-3-30-22(28)13-21-26(14-20(27)25-18-7-5-4-6-15(18)2)23(29)19(31-21)12-16-8-10-17(24)11-9-16/h8-13,15,18H,3-7,14H2,1-2H3,(H,25,27)/b19-12-,21-13+. The number of nitrogens with zero attached hydrogens (tertiary/aromatic N) is 1. The van der Waals surface area contributed by atoms with E-state index in [0.29, 0.717) is 20.7 Å². The average Bonchev–Trinajstić information content (AvgIpc) is 3.00. The summed E-state index contributed by atoms with van der Waals surface area (Å²) in [6.45, 7) is 3.84. The van der Waals surface area contributed by atoms with E-state index in [1.807, 2.05) is 0 Å². The molecule has 2 atom stereocenters. The first kappa shape index (κ1) is 22.9. The Kier molecular flexibility index (Phi) is 7.79. The number of hydrogen-bond acceptors (Lipinski definition) is 5. The van der Waals surface area contributed by atoms with Gasteiger partial charge in [0.2, 0.25) is 5.91 Å². The molecule has 1 amide bonds. The van der Waals surface area contributed by atoms with Gasteiger partial charge in [-0.25, -0.2) is 9.18 Å². The van der Waals surface area contributed by atoms with E-state index in [9.17, 15) is 18.8 Å². The van der Waals surface area contributed by atoms with E-state index in [4.69, 9.17) is 4.74 Å². The molecule has 2 aromatic rings. The second-order valence-electron chi connectivity index (χ2n) is 7.72. The first-order valence-corrected chi connectivity index (χ1v) is 11.3. The summed E-state index contributed by atoms with van der Waals surface area (Å²) in [7, 11) is 0. The van der Waals surface area contributed by atoms with Gasteiger partial charge in [-0.3, -0.25) is 14.2 Å². The van der Waals surface area contributed by atoms with Gasteiger partial charge in [0.1, 0.15) is 17.0 Å². The molecule has 1 aliphatic rings. The monoisotopic (exact) mass is 446 g/mol. The molecule has 0 spiro atoms. The van der Waals surface area contributed by atoms with Crippen LogP contribution >= 0.6 is 11.3 Å². The predicted molar refractivity (Wildman–Crippen MR) is 118 cm³/mol. The van der Waals surface area contributed by atoms with Gasteiger partial charge in [0, 0.05) is 6.04 Å². The summed E-state index contributed by atoms with van der Waals surface area (Å²) in [4.78, 5) is 37.7. The molecule has 1 saturated carbocycles. The molecular formula is C23H27FN2O4S. The van der Waals surface area contributed by atoms with Crippen molar-refractivity contribution in [3.05, 3.63) is 55.2 Å². The lowest BCUT2D eigenvalue weighted by atomic mass is 9.86. The van der Waals surface area contributed by atoms with Crippen LogP contribution in [0.2, 0.25) is 0 Å². The molecule has 1 aromatic heterocycles. The summed E-state index contributed by atoms with van der Waals surface area (Å²) < 4.78 is 20.1. The highest BCUT2D eigenvalue weighted by atomic mass is 32.1. The number of rotatable bonds is 6. The zero-order valence-corrected chi connectivity index (χ0v) is 18.5. The summed E-state index contributed by atoms with van der Waals surface area (Å²) in [6, 6.07) is 5.83. The Morgan fingerprint density at radius 3 is 2.65 bits per heavy atom. The van der Waals surface area contributed by atoms with Crippen molar-refractivity contribution in [2.24, 2.45) is 5.92 Å². The number of thiazole rings is 1. The van der Waals surface area contributed by atoms with Crippen LogP contribution in [0, 0.1) is 11.7 Å². The van der Waals surface area contributed by atoms with Gasteiger partial charge >= 0.3 is 5.97 Å². The Balaban J connectivity index is 1.94. The largest absolute Gasteiger partial charge is 0.463 e. The minimum atomic E-state index is -0.577. The van der Waals surface area contributed by atoms with Crippen LogP contribution < -0.4 is 20.1 Å². The highest BCUT2D eigenvalue weighted by Crippen LogP contribution is 2.23. The van der Waals surface area contributed by atoms with Crippen LogP contribution in [0.1, 0.15) is 45.1 Å². The number of carbonyl (C=O) groups excluding carboxylic acids is 2. The SMILES string of the molecule is CCOC(=O)/C=c1/s/c(=C\c2ccc(F)cc2)c(=O)n1CC(=O)NC1CCCCC1C. The highest BCUT2D eigenvalue weighted by Gasteiger charge is 2.23. The van der Waals surface area contributed by atoms with Crippen molar-refractivity contribution >= 4 is 35.4 Å². The topological polar surface area (TPSA) is 77.4 Å². The summed E-state index contributed by atoms with van der Waals surface area (Å²) in [5, 5.41) is 3.04. The minimum Gasteiger partial charge on any atom is -0.463 e. The Morgan fingerprint density at radius 1 is 1.26 bits per heavy atom. The van der Waals surface area contributed by atoms with Gasteiger partial charge in [-0.05, 0) is 49.5 Å². The summed E-state index contributed by atoms with van der Waals surface area (Å²) in [6.07, 6.45) is 7.09. The van der Waals surface area contributed by atoms with E-state index >= 15 is 0 Å². The van der Waals surface area contributed by atoms with E-state index < -0.39 is 5.97 Å². The third-order valence-corrected chi connectivity index (χ3v) is 6.45. The van der Waals surface area contributed by atoms with Crippen LogP contribution in [-0.2, 0) is 20.9 Å². The third-order valence-electron chi connectivity index (χ3n) is 5.39. The second-order valence-corrected chi connectivity index (χ2v) is 8.79. The van der Waals surface area contributed by atoms with Crippen molar-refractivity contribution in [1.29, 1.82) is 0 Å². The lowest BCUT2D eigenvalue weighted by Crippen LogP contribution is -2.45. The molecule has 2 unspecified atom stereocenters. The molecule has 0 radical (unpaired) electrons. The van der Waals surface area contributed by atoms with Gasteiger partial charge in [0.25, 0.3) is 5.56 Å². The van der Waals surface area contributed by atoms with Crippen LogP contribution in [-0.4, -0.2) is 29.1 Å². The highest BCUT2D eigenvalue weighted by molar-refractivity contribution is 7.07. The molecule has 8 heteroatoms. The summed E-state index contributed by atoms with van der Waals surface area (Å²) in [5.74, 6) is -0.812. The first-order valence-electron chi connectivity index (χ1n) is 10.5. The third kappa shape index (κ3) is 6.13. The summed E-state index contributed by atoms with van der Waals surface area (Å²) >= 11 is 1.09. The minimum absolute atomic E-state index is 0.0957. The zero-order valence-electron chi connectivity index (χ0n) is 17.7. The van der Waals surface area contributed by atoms with Crippen molar-refractivity contribution in [1.82, 2.24) is 9.88 Å². The molecule has 166 valence electrons. The maximum Gasteiger partial charge on any atom is 0.333 e. The number of nitrogens with one attached hydrogen (secondary N) is 1. The molecule has 0 bridgehead atoms. The van der Waals surface area contributed by atoms with E-state index in [1.54, 1.807) is 25.1 Å². The van der Waals surface area contributed by atoms with Crippen molar-refractivity contribution in [3.8, 4) is 0 Å². The lowest BCUT2D eigenvalue weighted by molar-refractivity contribution is -0.135. The maximum absolute atomic E-state index is 13.2. The molecule has 3 rings (SSSR count). The number of hydrogen-bond donors (Lipinski definition) is 1. The van der Waals surface area contributed by atoms with Gasteiger partial charge in [0.15, 0.2) is 0 Å². The zero-order chi connectivity index (χ0) is 22.4. The van der Waals surface area contributed by atoms with E-state index in [-0.39, 0.29) is 36.5 Å². The van der Waals surface area contributed by atoms with Crippen molar-refractivity contribution in [3.63, 3.8) is 0 Å². The Bertz CT molecular complexity index is 1100. The van der Waals surface area contributed by atoms with E-state index in [1.165, 1.54) is 29.2 Å². The van der Waals surface area contributed by atoms with E-state index in [2.05, 4.69) is 12.2 Å².